The second-order valence-electron chi connectivity index (χ2n) is 2.72. The number of nitrogens with one attached hydrogen (secondary N) is 1. The summed E-state index contributed by atoms with van der Waals surface area (Å²) in [6.45, 7) is 2.22. The molecule has 5 heteroatoms. The van der Waals surface area contributed by atoms with Crippen molar-refractivity contribution in [2.75, 3.05) is 6.54 Å². The molecule has 0 aliphatic rings. The zero-order valence-electron chi connectivity index (χ0n) is 7.49. The Morgan fingerprint density at radius 1 is 1.62 bits per heavy atom. The van der Waals surface area contributed by atoms with Gasteiger partial charge in [0.25, 0.3) is 0 Å². The molecule has 1 atom stereocenters. The standard InChI is InChI=1S/C8H14N2O3/c1-6(5-7(9)11)10-4-2-3-8(12)13/h2-3,6,10H,4-5H2,1H3,(H2,9,11)(H,12,13)/b3-2+. The van der Waals surface area contributed by atoms with Gasteiger partial charge in [0, 0.05) is 25.1 Å². The van der Waals surface area contributed by atoms with Crippen LogP contribution < -0.4 is 11.1 Å². The predicted octanol–water partition coefficient (Wildman–Crippen LogP) is -0.519. The molecule has 0 aromatic rings. The molecule has 0 aromatic heterocycles. The maximum atomic E-state index is 10.4. The third-order valence-electron chi connectivity index (χ3n) is 1.35. The van der Waals surface area contributed by atoms with Gasteiger partial charge in [-0.05, 0) is 6.92 Å². The minimum atomic E-state index is -0.982. The lowest BCUT2D eigenvalue weighted by atomic mass is 10.2. The zero-order chi connectivity index (χ0) is 10.3. The number of carboxylic acid groups (broad SMARTS) is 1. The molecular formula is C8H14N2O3. The Morgan fingerprint density at radius 2 is 2.23 bits per heavy atom. The van der Waals surface area contributed by atoms with E-state index >= 15 is 0 Å². The first kappa shape index (κ1) is 11.6. The molecule has 5 nitrogen and oxygen atoms in total. The van der Waals surface area contributed by atoms with Crippen molar-refractivity contribution in [3.05, 3.63) is 12.2 Å². The molecule has 0 aromatic carbocycles. The first-order valence-corrected chi connectivity index (χ1v) is 3.93. The predicted molar refractivity (Wildman–Crippen MR) is 48.1 cm³/mol. The summed E-state index contributed by atoms with van der Waals surface area (Å²) in [6, 6.07) is -0.0315. The van der Waals surface area contributed by atoms with Crippen LogP contribution in [0.1, 0.15) is 13.3 Å². The summed E-state index contributed by atoms with van der Waals surface area (Å²) < 4.78 is 0. The van der Waals surface area contributed by atoms with E-state index in [9.17, 15) is 9.59 Å². The largest absolute Gasteiger partial charge is 0.478 e. The van der Waals surface area contributed by atoms with Crippen LogP contribution in [0.4, 0.5) is 0 Å². The number of hydrogen-bond donors (Lipinski definition) is 3. The normalized spacial score (nSPS) is 13.0. The number of carbonyl (C=O) groups is 2. The van der Waals surface area contributed by atoms with Gasteiger partial charge in [0.05, 0.1) is 0 Å². The first-order chi connectivity index (χ1) is 6.02. The van der Waals surface area contributed by atoms with Crippen molar-refractivity contribution in [1.82, 2.24) is 5.32 Å². The van der Waals surface area contributed by atoms with Crippen molar-refractivity contribution in [2.45, 2.75) is 19.4 Å². The number of amides is 1. The average Bonchev–Trinajstić information content (AvgIpc) is 1.96. The summed E-state index contributed by atoms with van der Waals surface area (Å²) in [7, 11) is 0. The van der Waals surface area contributed by atoms with E-state index in [1.807, 2.05) is 0 Å². The van der Waals surface area contributed by atoms with E-state index in [0.29, 0.717) is 6.54 Å². The number of primary amides is 1. The van der Waals surface area contributed by atoms with E-state index in [4.69, 9.17) is 10.8 Å². The minimum absolute atomic E-state index is 0.0315. The van der Waals surface area contributed by atoms with Gasteiger partial charge in [0.15, 0.2) is 0 Å². The molecule has 74 valence electrons. The lowest BCUT2D eigenvalue weighted by Crippen LogP contribution is -2.31. The maximum absolute atomic E-state index is 10.4. The van der Waals surface area contributed by atoms with Crippen molar-refractivity contribution in [2.24, 2.45) is 5.73 Å². The van der Waals surface area contributed by atoms with E-state index in [-0.39, 0.29) is 18.4 Å². The monoisotopic (exact) mass is 186 g/mol. The maximum Gasteiger partial charge on any atom is 0.328 e. The molecule has 1 amide bonds. The fourth-order valence-electron chi connectivity index (χ4n) is 0.803. The first-order valence-electron chi connectivity index (χ1n) is 3.93. The van der Waals surface area contributed by atoms with E-state index < -0.39 is 5.97 Å². The Kier molecular flexibility index (Phi) is 5.54. The van der Waals surface area contributed by atoms with Gasteiger partial charge >= 0.3 is 5.97 Å². The van der Waals surface area contributed by atoms with Crippen molar-refractivity contribution in [3.8, 4) is 0 Å². The van der Waals surface area contributed by atoms with Crippen molar-refractivity contribution in [3.63, 3.8) is 0 Å². The van der Waals surface area contributed by atoms with Gasteiger partial charge in [-0.25, -0.2) is 4.79 Å². The Labute approximate surface area is 76.6 Å². The highest BCUT2D eigenvalue weighted by atomic mass is 16.4. The summed E-state index contributed by atoms with van der Waals surface area (Å²) >= 11 is 0. The summed E-state index contributed by atoms with van der Waals surface area (Å²) in [6.07, 6.45) is 2.77. The Balaban J connectivity index is 3.53. The lowest BCUT2D eigenvalue weighted by molar-refractivity contribution is -0.131. The van der Waals surface area contributed by atoms with Crippen LogP contribution >= 0.6 is 0 Å². The van der Waals surface area contributed by atoms with Crippen LogP contribution in [0.5, 0.6) is 0 Å². The van der Waals surface area contributed by atoms with Gasteiger partial charge in [-0.3, -0.25) is 4.79 Å². The Hall–Kier alpha value is -1.36. The van der Waals surface area contributed by atoms with Crippen molar-refractivity contribution < 1.29 is 14.7 Å². The van der Waals surface area contributed by atoms with Crippen LogP contribution in [-0.2, 0) is 9.59 Å². The molecule has 0 saturated heterocycles. The molecule has 0 fully saturated rings. The minimum Gasteiger partial charge on any atom is -0.478 e. The Morgan fingerprint density at radius 3 is 2.69 bits per heavy atom. The number of carboxylic acids is 1. The second-order valence-corrected chi connectivity index (χ2v) is 2.72. The van der Waals surface area contributed by atoms with Gasteiger partial charge in [-0.1, -0.05) is 6.08 Å². The van der Waals surface area contributed by atoms with Crippen molar-refractivity contribution in [1.29, 1.82) is 0 Å². The van der Waals surface area contributed by atoms with Crippen LogP contribution in [0.25, 0.3) is 0 Å². The van der Waals surface area contributed by atoms with Crippen LogP contribution in [-0.4, -0.2) is 29.6 Å². The molecule has 0 heterocycles. The second kappa shape index (κ2) is 6.19. The highest BCUT2D eigenvalue weighted by Gasteiger charge is 2.02. The number of aliphatic carboxylic acids is 1. The topological polar surface area (TPSA) is 92.4 Å². The molecule has 0 radical (unpaired) electrons. The molecule has 1 unspecified atom stereocenters. The quantitative estimate of drug-likeness (QED) is 0.487. The van der Waals surface area contributed by atoms with Crippen LogP contribution in [0, 0.1) is 0 Å². The molecule has 0 rings (SSSR count). The van der Waals surface area contributed by atoms with Gasteiger partial charge in [0.2, 0.25) is 5.91 Å². The number of carbonyl (C=O) groups excluding carboxylic acids is 1. The number of rotatable bonds is 6. The van der Waals surface area contributed by atoms with Gasteiger partial charge in [-0.2, -0.15) is 0 Å². The Bertz CT molecular complexity index is 213. The van der Waals surface area contributed by atoms with Crippen molar-refractivity contribution >= 4 is 11.9 Å². The van der Waals surface area contributed by atoms with Crippen LogP contribution in [0.3, 0.4) is 0 Å². The third-order valence-corrected chi connectivity index (χ3v) is 1.35. The molecular weight excluding hydrogens is 172 g/mol. The van der Waals surface area contributed by atoms with Crippen LogP contribution in [0.2, 0.25) is 0 Å². The fraction of sp³-hybridized carbons (Fsp3) is 0.500. The molecule has 0 saturated carbocycles. The molecule has 0 spiro atoms. The lowest BCUT2D eigenvalue weighted by Gasteiger charge is -2.08. The molecule has 0 aliphatic carbocycles. The molecule has 13 heavy (non-hydrogen) atoms. The molecule has 4 N–H and O–H groups in total. The summed E-state index contributed by atoms with van der Waals surface area (Å²) in [4.78, 5) is 20.5. The summed E-state index contributed by atoms with van der Waals surface area (Å²) in [5.74, 6) is -1.36. The highest BCUT2D eigenvalue weighted by Crippen LogP contribution is 1.87. The zero-order valence-corrected chi connectivity index (χ0v) is 7.49. The van der Waals surface area contributed by atoms with Crippen LogP contribution in [0.15, 0.2) is 12.2 Å². The van der Waals surface area contributed by atoms with E-state index in [0.717, 1.165) is 6.08 Å². The number of hydrogen-bond acceptors (Lipinski definition) is 3. The highest BCUT2D eigenvalue weighted by molar-refractivity contribution is 5.79. The molecule has 0 aliphatic heterocycles. The molecule has 0 bridgehead atoms. The van der Waals surface area contributed by atoms with E-state index in [1.165, 1.54) is 6.08 Å². The number of nitrogens with two attached hydrogens (primary N) is 1. The smallest absolute Gasteiger partial charge is 0.328 e. The van der Waals surface area contributed by atoms with Gasteiger partial charge < -0.3 is 16.2 Å². The van der Waals surface area contributed by atoms with Gasteiger partial charge in [-0.15, -0.1) is 0 Å². The summed E-state index contributed by atoms with van der Waals surface area (Å²) in [5, 5.41) is 11.2. The summed E-state index contributed by atoms with van der Waals surface area (Å²) in [5.41, 5.74) is 4.95. The average molecular weight is 186 g/mol. The van der Waals surface area contributed by atoms with E-state index in [1.54, 1.807) is 6.92 Å². The van der Waals surface area contributed by atoms with Gasteiger partial charge in [0.1, 0.15) is 0 Å². The SMILES string of the molecule is CC(CC(N)=O)NC/C=C/C(=O)O. The van der Waals surface area contributed by atoms with E-state index in [2.05, 4.69) is 5.32 Å². The third kappa shape index (κ3) is 8.55. The fourth-order valence-corrected chi connectivity index (χ4v) is 0.803.